The molecule has 0 spiro atoms. The fourth-order valence-corrected chi connectivity index (χ4v) is 5.22. The van der Waals surface area contributed by atoms with Crippen LogP contribution < -0.4 is 14.2 Å². The van der Waals surface area contributed by atoms with Gasteiger partial charge < -0.3 is 28.6 Å². The minimum atomic E-state index is -0.796. The van der Waals surface area contributed by atoms with Crippen molar-refractivity contribution in [3.63, 3.8) is 0 Å². The molecule has 1 aliphatic rings. The molecule has 0 fully saturated rings. The smallest absolute Gasteiger partial charge is 0.337 e. The minimum Gasteiger partial charge on any atom is -0.493 e. The molecule has 0 amide bonds. The summed E-state index contributed by atoms with van der Waals surface area (Å²) in [5.74, 6) is -0.920. The Balaban J connectivity index is 1.72. The number of rotatable bonds is 12. The van der Waals surface area contributed by atoms with Gasteiger partial charge in [0.15, 0.2) is 11.5 Å². The highest BCUT2D eigenvalue weighted by molar-refractivity contribution is 6.00. The van der Waals surface area contributed by atoms with Gasteiger partial charge in [-0.3, -0.25) is 0 Å². The van der Waals surface area contributed by atoms with E-state index in [1.165, 1.54) is 33.5 Å². The summed E-state index contributed by atoms with van der Waals surface area (Å²) in [6.45, 7) is 4.43. The quantitative estimate of drug-likeness (QED) is 0.183. The van der Waals surface area contributed by atoms with Gasteiger partial charge in [-0.15, -0.1) is 0 Å². The van der Waals surface area contributed by atoms with Crippen molar-refractivity contribution in [3.8, 4) is 17.2 Å². The summed E-state index contributed by atoms with van der Waals surface area (Å²) in [4.78, 5) is 29.2. The van der Waals surface area contributed by atoms with E-state index < -0.39 is 17.9 Å². The standard InChI is InChI=1S/C34H36FNO7/c1-22-30(33(37)41-5)32(25-15-16-28(39-3)29(19-25)40-4)31(34(38)43-21-24-11-7-6-8-12-24)23(2)36(22)17-10-18-42-27-14-9-13-26(35)20-27/h6-9,11-16,19-20,32H,10,17-18,21H2,1-5H3. The maximum atomic E-state index is 13.9. The zero-order valence-electron chi connectivity index (χ0n) is 25.0. The number of methoxy groups -OCH3 is 3. The van der Waals surface area contributed by atoms with Crippen molar-refractivity contribution in [2.24, 2.45) is 0 Å². The fourth-order valence-electron chi connectivity index (χ4n) is 5.22. The second-order valence-corrected chi connectivity index (χ2v) is 9.91. The van der Waals surface area contributed by atoms with Gasteiger partial charge in [-0.1, -0.05) is 42.5 Å². The first-order chi connectivity index (χ1) is 20.8. The summed E-state index contributed by atoms with van der Waals surface area (Å²) in [6.07, 6.45) is 0.521. The van der Waals surface area contributed by atoms with Crippen LogP contribution in [0.4, 0.5) is 4.39 Å². The number of hydrogen-bond donors (Lipinski definition) is 0. The van der Waals surface area contributed by atoms with Crippen LogP contribution in [0.5, 0.6) is 17.2 Å². The molecular weight excluding hydrogens is 553 g/mol. The Kier molecular flexibility index (Phi) is 10.4. The Morgan fingerprint density at radius 1 is 0.814 bits per heavy atom. The molecule has 8 nitrogen and oxygen atoms in total. The molecule has 0 aromatic heterocycles. The zero-order valence-corrected chi connectivity index (χ0v) is 25.0. The Labute approximate surface area is 251 Å². The molecule has 1 atom stereocenters. The van der Waals surface area contributed by atoms with Gasteiger partial charge in [0.05, 0.1) is 45.0 Å². The number of nitrogens with zero attached hydrogens (tertiary/aromatic N) is 1. The maximum Gasteiger partial charge on any atom is 0.337 e. The molecular formula is C34H36FNO7. The summed E-state index contributed by atoms with van der Waals surface area (Å²) < 4.78 is 41.3. The lowest BCUT2D eigenvalue weighted by molar-refractivity contribution is -0.141. The molecule has 1 unspecified atom stereocenters. The number of esters is 2. The third-order valence-corrected chi connectivity index (χ3v) is 7.34. The molecule has 0 bridgehead atoms. The highest BCUT2D eigenvalue weighted by Gasteiger charge is 2.40. The van der Waals surface area contributed by atoms with E-state index in [0.717, 1.165) is 5.56 Å². The highest BCUT2D eigenvalue weighted by Crippen LogP contribution is 2.45. The van der Waals surface area contributed by atoms with Crippen LogP contribution in [0.15, 0.2) is 95.3 Å². The molecule has 0 saturated carbocycles. The van der Waals surface area contributed by atoms with Crippen molar-refractivity contribution in [1.82, 2.24) is 4.90 Å². The molecule has 1 heterocycles. The first-order valence-corrected chi connectivity index (χ1v) is 13.9. The van der Waals surface area contributed by atoms with Gasteiger partial charge in [-0.25, -0.2) is 14.0 Å². The van der Waals surface area contributed by atoms with E-state index in [1.54, 1.807) is 30.3 Å². The lowest BCUT2D eigenvalue weighted by atomic mass is 9.79. The first kappa shape index (κ1) is 31.2. The van der Waals surface area contributed by atoms with Gasteiger partial charge in [-0.05, 0) is 55.7 Å². The third-order valence-electron chi connectivity index (χ3n) is 7.34. The number of halogens is 1. The van der Waals surface area contributed by atoms with E-state index in [0.29, 0.717) is 64.9 Å². The van der Waals surface area contributed by atoms with Crippen LogP contribution in [0.2, 0.25) is 0 Å². The molecule has 4 rings (SSSR count). The largest absolute Gasteiger partial charge is 0.493 e. The van der Waals surface area contributed by atoms with Crippen molar-refractivity contribution < 1.29 is 37.7 Å². The van der Waals surface area contributed by atoms with Crippen molar-refractivity contribution in [2.45, 2.75) is 32.8 Å². The van der Waals surface area contributed by atoms with E-state index in [2.05, 4.69) is 0 Å². The Morgan fingerprint density at radius 3 is 2.16 bits per heavy atom. The Bertz CT molecular complexity index is 1520. The van der Waals surface area contributed by atoms with Crippen LogP contribution >= 0.6 is 0 Å². The molecule has 0 saturated heterocycles. The van der Waals surface area contributed by atoms with Crippen LogP contribution in [-0.2, 0) is 25.7 Å². The Morgan fingerprint density at radius 2 is 1.51 bits per heavy atom. The molecule has 3 aromatic carbocycles. The number of allylic oxidation sites excluding steroid dienone is 2. The lowest BCUT2D eigenvalue weighted by Crippen LogP contribution is -2.36. The summed E-state index contributed by atoms with van der Waals surface area (Å²) in [5.41, 5.74) is 3.35. The number of ether oxygens (including phenoxy) is 5. The SMILES string of the molecule is COC(=O)C1=C(C)N(CCCOc2cccc(F)c2)C(C)=C(C(=O)OCc2ccccc2)C1c1ccc(OC)c(OC)c1. The monoisotopic (exact) mass is 589 g/mol. The van der Waals surface area contributed by atoms with Crippen molar-refractivity contribution in [2.75, 3.05) is 34.5 Å². The Hall–Kier alpha value is -4.79. The van der Waals surface area contributed by atoms with Crippen LogP contribution in [0, 0.1) is 5.82 Å². The van der Waals surface area contributed by atoms with Gasteiger partial charge in [0.2, 0.25) is 0 Å². The summed E-state index contributed by atoms with van der Waals surface area (Å²) in [5, 5.41) is 0. The topological polar surface area (TPSA) is 83.5 Å². The van der Waals surface area contributed by atoms with Crippen LogP contribution in [0.1, 0.15) is 37.3 Å². The molecule has 3 aromatic rings. The minimum absolute atomic E-state index is 0.0623. The van der Waals surface area contributed by atoms with Gasteiger partial charge in [-0.2, -0.15) is 0 Å². The highest BCUT2D eigenvalue weighted by atomic mass is 19.1. The average molecular weight is 590 g/mol. The average Bonchev–Trinajstić information content (AvgIpc) is 3.02. The molecule has 226 valence electrons. The number of carbonyl (C=O) groups excluding carboxylic acids is 2. The summed E-state index contributed by atoms with van der Waals surface area (Å²) >= 11 is 0. The van der Waals surface area contributed by atoms with Crippen LogP contribution in [-0.4, -0.2) is 51.3 Å². The predicted octanol–water partition coefficient (Wildman–Crippen LogP) is 6.18. The fraction of sp³-hybridized carbons (Fsp3) is 0.294. The lowest BCUT2D eigenvalue weighted by Gasteiger charge is -2.38. The van der Waals surface area contributed by atoms with E-state index in [9.17, 15) is 14.0 Å². The third kappa shape index (κ3) is 7.17. The van der Waals surface area contributed by atoms with E-state index in [4.69, 9.17) is 23.7 Å². The van der Waals surface area contributed by atoms with Crippen molar-refractivity contribution in [1.29, 1.82) is 0 Å². The second kappa shape index (κ2) is 14.4. The number of carbonyl (C=O) groups is 2. The van der Waals surface area contributed by atoms with Crippen LogP contribution in [0.3, 0.4) is 0 Å². The molecule has 43 heavy (non-hydrogen) atoms. The molecule has 0 N–H and O–H groups in total. The zero-order chi connectivity index (χ0) is 30.9. The first-order valence-electron chi connectivity index (χ1n) is 13.9. The van der Waals surface area contributed by atoms with Gasteiger partial charge >= 0.3 is 11.9 Å². The molecule has 0 aliphatic carbocycles. The van der Waals surface area contributed by atoms with Crippen molar-refractivity contribution >= 4 is 11.9 Å². The summed E-state index contributed by atoms with van der Waals surface area (Å²) in [7, 11) is 4.37. The molecule has 0 radical (unpaired) electrons. The number of hydrogen-bond acceptors (Lipinski definition) is 8. The van der Waals surface area contributed by atoms with Gasteiger partial charge in [0.25, 0.3) is 0 Å². The maximum absolute atomic E-state index is 13.9. The van der Waals surface area contributed by atoms with E-state index in [-0.39, 0.29) is 12.4 Å². The van der Waals surface area contributed by atoms with E-state index in [1.807, 2.05) is 49.1 Å². The van der Waals surface area contributed by atoms with Crippen molar-refractivity contribution in [3.05, 3.63) is 112 Å². The molecule has 1 aliphatic heterocycles. The molecule has 9 heteroatoms. The van der Waals surface area contributed by atoms with Gasteiger partial charge in [0, 0.05) is 24.0 Å². The van der Waals surface area contributed by atoms with E-state index >= 15 is 0 Å². The van der Waals surface area contributed by atoms with Gasteiger partial charge in [0.1, 0.15) is 18.2 Å². The summed E-state index contributed by atoms with van der Waals surface area (Å²) in [6, 6.07) is 20.6. The van der Waals surface area contributed by atoms with Crippen LogP contribution in [0.25, 0.3) is 0 Å². The normalized spacial score (nSPS) is 14.8. The number of benzene rings is 3. The second-order valence-electron chi connectivity index (χ2n) is 9.91. The predicted molar refractivity (Wildman–Crippen MR) is 159 cm³/mol.